The van der Waals surface area contributed by atoms with Crippen LogP contribution in [0.4, 0.5) is 5.13 Å². The SMILES string of the molecule is CC(C)c1nnc(NC(=O)c2nn(-c3ccccc3)c(=O)[nH]2)s1. The second-order valence-corrected chi connectivity index (χ2v) is 6.09. The van der Waals surface area contributed by atoms with Gasteiger partial charge in [0.2, 0.25) is 11.0 Å². The number of benzene rings is 1. The summed E-state index contributed by atoms with van der Waals surface area (Å²) in [5.41, 5.74) is 0.0901. The zero-order valence-electron chi connectivity index (χ0n) is 12.5. The molecule has 0 fully saturated rings. The number of carbonyl (C=O) groups excluding carboxylic acids is 1. The number of rotatable bonds is 4. The van der Waals surface area contributed by atoms with Gasteiger partial charge in [0.05, 0.1) is 5.69 Å². The van der Waals surface area contributed by atoms with E-state index in [0.29, 0.717) is 10.8 Å². The highest BCUT2D eigenvalue weighted by Gasteiger charge is 2.17. The van der Waals surface area contributed by atoms with Crippen LogP contribution >= 0.6 is 11.3 Å². The first-order valence-corrected chi connectivity index (χ1v) is 7.76. The zero-order valence-corrected chi connectivity index (χ0v) is 13.3. The Labute approximate surface area is 135 Å². The molecule has 0 aliphatic carbocycles. The quantitative estimate of drug-likeness (QED) is 0.758. The van der Waals surface area contributed by atoms with Crippen LogP contribution in [0.25, 0.3) is 5.69 Å². The van der Waals surface area contributed by atoms with Crippen LogP contribution in [-0.2, 0) is 0 Å². The van der Waals surface area contributed by atoms with E-state index in [2.05, 4.69) is 25.6 Å². The first kappa shape index (κ1) is 15.1. The Morgan fingerprint density at radius 2 is 2.00 bits per heavy atom. The number of amides is 1. The number of aromatic nitrogens is 5. The third-order valence-electron chi connectivity index (χ3n) is 2.99. The van der Waals surface area contributed by atoms with Crippen LogP contribution in [0, 0.1) is 0 Å². The molecule has 2 aromatic heterocycles. The normalized spacial score (nSPS) is 10.9. The average Bonchev–Trinajstić information content (AvgIpc) is 3.15. The lowest BCUT2D eigenvalue weighted by Gasteiger charge is -1.98. The van der Waals surface area contributed by atoms with E-state index in [1.54, 1.807) is 24.3 Å². The van der Waals surface area contributed by atoms with Gasteiger partial charge in [-0.05, 0) is 12.1 Å². The minimum atomic E-state index is -0.539. The largest absolute Gasteiger partial charge is 0.348 e. The van der Waals surface area contributed by atoms with Gasteiger partial charge in [-0.3, -0.25) is 15.1 Å². The van der Waals surface area contributed by atoms with Crippen molar-refractivity contribution in [3.8, 4) is 5.69 Å². The number of aromatic amines is 1. The molecule has 0 spiro atoms. The number of nitrogens with zero attached hydrogens (tertiary/aromatic N) is 4. The van der Waals surface area contributed by atoms with Crippen molar-refractivity contribution in [1.82, 2.24) is 25.0 Å². The molecule has 0 unspecified atom stereocenters. The molecule has 0 aliphatic rings. The molecule has 0 radical (unpaired) electrons. The molecule has 2 heterocycles. The molecule has 3 rings (SSSR count). The van der Waals surface area contributed by atoms with Crippen LogP contribution in [0.15, 0.2) is 35.1 Å². The van der Waals surface area contributed by atoms with E-state index in [1.165, 1.54) is 11.3 Å². The van der Waals surface area contributed by atoms with Gasteiger partial charge in [-0.2, -0.15) is 4.68 Å². The van der Waals surface area contributed by atoms with Crippen LogP contribution in [0.5, 0.6) is 0 Å². The van der Waals surface area contributed by atoms with Crippen molar-refractivity contribution < 1.29 is 4.79 Å². The molecule has 8 nitrogen and oxygen atoms in total. The Morgan fingerprint density at radius 3 is 2.65 bits per heavy atom. The van der Waals surface area contributed by atoms with Gasteiger partial charge in [0.25, 0.3) is 5.91 Å². The summed E-state index contributed by atoms with van der Waals surface area (Å²) in [7, 11) is 0. The Bertz CT molecular complexity index is 880. The van der Waals surface area contributed by atoms with Gasteiger partial charge in [0, 0.05) is 5.92 Å². The van der Waals surface area contributed by atoms with Crippen molar-refractivity contribution >= 4 is 22.4 Å². The molecule has 0 saturated carbocycles. The molecule has 3 aromatic rings. The van der Waals surface area contributed by atoms with E-state index < -0.39 is 11.6 Å². The minimum Gasteiger partial charge on any atom is -0.294 e. The molecule has 0 aliphatic heterocycles. The number of nitrogens with one attached hydrogen (secondary N) is 2. The molecule has 0 saturated heterocycles. The summed E-state index contributed by atoms with van der Waals surface area (Å²) in [5, 5.41) is 15.7. The standard InChI is InChI=1S/C14H14N6O2S/c1-8(2)12-17-18-13(23-12)16-11(21)10-15-14(22)20(19-10)9-6-4-3-5-7-9/h3-8H,1-2H3,(H,15,19,22)(H,16,18,21). The predicted octanol–water partition coefficient (Wildman–Crippen LogP) is 1.79. The van der Waals surface area contributed by atoms with Gasteiger partial charge in [0.1, 0.15) is 5.01 Å². The highest BCUT2D eigenvalue weighted by atomic mass is 32.1. The van der Waals surface area contributed by atoms with E-state index in [0.717, 1.165) is 9.69 Å². The number of para-hydroxylation sites is 1. The van der Waals surface area contributed by atoms with Crippen LogP contribution in [0.1, 0.15) is 35.4 Å². The van der Waals surface area contributed by atoms with Gasteiger partial charge in [-0.1, -0.05) is 43.4 Å². The molecule has 0 bridgehead atoms. The maximum absolute atomic E-state index is 12.2. The summed E-state index contributed by atoms with van der Waals surface area (Å²) in [6, 6.07) is 8.85. The van der Waals surface area contributed by atoms with Crippen LogP contribution in [0.3, 0.4) is 0 Å². The third kappa shape index (κ3) is 3.19. The maximum Gasteiger partial charge on any atom is 0.348 e. The summed E-state index contributed by atoms with van der Waals surface area (Å²) in [6.07, 6.45) is 0. The smallest absolute Gasteiger partial charge is 0.294 e. The number of carbonyl (C=O) groups is 1. The van der Waals surface area contributed by atoms with Crippen LogP contribution in [0.2, 0.25) is 0 Å². The van der Waals surface area contributed by atoms with E-state index in [4.69, 9.17) is 0 Å². The van der Waals surface area contributed by atoms with E-state index in [9.17, 15) is 9.59 Å². The summed E-state index contributed by atoms with van der Waals surface area (Å²) in [6.45, 7) is 3.98. The molecule has 0 atom stereocenters. The van der Waals surface area contributed by atoms with E-state index >= 15 is 0 Å². The fraction of sp³-hybridized carbons (Fsp3) is 0.214. The Balaban J connectivity index is 1.82. The summed E-state index contributed by atoms with van der Waals surface area (Å²) in [4.78, 5) is 26.5. The first-order chi connectivity index (χ1) is 11.0. The van der Waals surface area contributed by atoms with Gasteiger partial charge in [-0.15, -0.1) is 15.3 Å². The first-order valence-electron chi connectivity index (χ1n) is 6.94. The third-order valence-corrected chi connectivity index (χ3v) is 4.13. The molecule has 9 heteroatoms. The topological polar surface area (TPSA) is 106 Å². The average molecular weight is 330 g/mol. The summed E-state index contributed by atoms with van der Waals surface area (Å²) in [5.74, 6) is -0.390. The van der Waals surface area contributed by atoms with Crippen molar-refractivity contribution in [2.24, 2.45) is 0 Å². The van der Waals surface area contributed by atoms with Crippen LogP contribution < -0.4 is 11.0 Å². The molecule has 1 amide bonds. The second-order valence-electron chi connectivity index (χ2n) is 5.08. The number of anilines is 1. The maximum atomic E-state index is 12.2. The molecule has 1 aromatic carbocycles. The molecule has 118 valence electrons. The van der Waals surface area contributed by atoms with Gasteiger partial charge < -0.3 is 0 Å². The Kier molecular flexibility index (Phi) is 4.02. The van der Waals surface area contributed by atoms with Crippen molar-refractivity contribution in [2.75, 3.05) is 5.32 Å². The summed E-state index contributed by atoms with van der Waals surface area (Å²) < 4.78 is 1.13. The van der Waals surface area contributed by atoms with Crippen LogP contribution in [-0.4, -0.2) is 30.9 Å². The lowest BCUT2D eigenvalue weighted by Crippen LogP contribution is -2.15. The molecule has 23 heavy (non-hydrogen) atoms. The number of H-pyrrole nitrogens is 1. The summed E-state index contributed by atoms with van der Waals surface area (Å²) >= 11 is 1.29. The fourth-order valence-corrected chi connectivity index (χ4v) is 2.59. The monoisotopic (exact) mass is 330 g/mol. The van der Waals surface area contributed by atoms with Crippen molar-refractivity contribution in [1.29, 1.82) is 0 Å². The fourth-order valence-electron chi connectivity index (χ4n) is 1.85. The Hall–Kier alpha value is -2.81. The number of hydrogen-bond acceptors (Lipinski definition) is 6. The highest BCUT2D eigenvalue weighted by molar-refractivity contribution is 7.15. The van der Waals surface area contributed by atoms with Crippen molar-refractivity contribution in [2.45, 2.75) is 19.8 Å². The van der Waals surface area contributed by atoms with Gasteiger partial charge in [-0.25, -0.2) is 4.79 Å². The highest BCUT2D eigenvalue weighted by Crippen LogP contribution is 2.22. The predicted molar refractivity (Wildman–Crippen MR) is 86.1 cm³/mol. The Morgan fingerprint density at radius 1 is 1.26 bits per heavy atom. The lowest BCUT2D eigenvalue weighted by atomic mass is 10.2. The number of hydrogen-bond donors (Lipinski definition) is 2. The minimum absolute atomic E-state index is 0.0832. The molecule has 2 N–H and O–H groups in total. The second kappa shape index (κ2) is 6.13. The van der Waals surface area contributed by atoms with Gasteiger partial charge >= 0.3 is 5.69 Å². The van der Waals surface area contributed by atoms with Crippen molar-refractivity contribution in [3.05, 3.63) is 51.6 Å². The molecular formula is C14H14N6O2S. The van der Waals surface area contributed by atoms with E-state index in [1.807, 2.05) is 19.9 Å². The zero-order chi connectivity index (χ0) is 16.4. The van der Waals surface area contributed by atoms with E-state index in [-0.39, 0.29) is 11.7 Å². The lowest BCUT2D eigenvalue weighted by molar-refractivity contribution is 0.101. The molecular weight excluding hydrogens is 316 g/mol. The van der Waals surface area contributed by atoms with Crippen molar-refractivity contribution in [3.63, 3.8) is 0 Å². The van der Waals surface area contributed by atoms with Gasteiger partial charge in [0.15, 0.2) is 0 Å².